The SMILES string of the molecule is CC(=O)c1cccc(-c2cc([C@H]3CCN(Cc4nc(C(C)C)cs4)C3)ccn2)c1. The summed E-state index contributed by atoms with van der Waals surface area (Å²) in [6.07, 6.45) is 3.04. The number of thiazole rings is 1. The molecule has 0 radical (unpaired) electrons. The van der Waals surface area contributed by atoms with Gasteiger partial charge in [-0.15, -0.1) is 11.3 Å². The summed E-state index contributed by atoms with van der Waals surface area (Å²) in [5, 5.41) is 3.41. The van der Waals surface area contributed by atoms with Gasteiger partial charge < -0.3 is 0 Å². The molecule has 0 spiro atoms. The fraction of sp³-hybridized carbons (Fsp3) is 0.375. The summed E-state index contributed by atoms with van der Waals surface area (Å²) in [7, 11) is 0. The second-order valence-electron chi connectivity index (χ2n) is 8.15. The van der Waals surface area contributed by atoms with Gasteiger partial charge in [-0.3, -0.25) is 14.7 Å². The lowest BCUT2D eigenvalue weighted by Crippen LogP contribution is -2.19. The minimum absolute atomic E-state index is 0.0808. The van der Waals surface area contributed by atoms with Crippen LogP contribution in [0.1, 0.15) is 65.7 Å². The van der Waals surface area contributed by atoms with Gasteiger partial charge in [0, 0.05) is 29.2 Å². The standard InChI is InChI=1S/C24H27N3OS/c1-16(2)23-15-29-24(26-23)14-27-10-8-21(13-27)19-7-9-25-22(12-19)20-6-4-5-18(11-20)17(3)28/h4-7,9,11-12,15-16,21H,8,10,13-14H2,1-3H3/t21-/m0/s1. The van der Waals surface area contributed by atoms with E-state index in [0.29, 0.717) is 11.8 Å². The smallest absolute Gasteiger partial charge is 0.159 e. The number of ketones is 1. The molecule has 0 amide bonds. The molecule has 2 aromatic heterocycles. The molecule has 4 nitrogen and oxygen atoms in total. The predicted octanol–water partition coefficient (Wildman–Crippen LogP) is 5.52. The van der Waals surface area contributed by atoms with E-state index in [-0.39, 0.29) is 5.78 Å². The largest absolute Gasteiger partial charge is 0.296 e. The Morgan fingerprint density at radius 1 is 1.28 bits per heavy atom. The molecule has 1 aliphatic rings. The van der Waals surface area contributed by atoms with E-state index in [1.807, 2.05) is 30.5 Å². The van der Waals surface area contributed by atoms with Crippen molar-refractivity contribution in [1.29, 1.82) is 0 Å². The molecule has 3 heterocycles. The fourth-order valence-corrected chi connectivity index (χ4v) is 4.86. The van der Waals surface area contributed by atoms with Crippen molar-refractivity contribution in [2.45, 2.75) is 45.6 Å². The monoisotopic (exact) mass is 405 g/mol. The van der Waals surface area contributed by atoms with E-state index < -0.39 is 0 Å². The number of carbonyl (C=O) groups is 1. The second kappa shape index (κ2) is 8.56. The number of likely N-dealkylation sites (tertiary alicyclic amines) is 1. The van der Waals surface area contributed by atoms with Gasteiger partial charge in [0.1, 0.15) is 5.01 Å². The second-order valence-corrected chi connectivity index (χ2v) is 9.10. The number of hydrogen-bond acceptors (Lipinski definition) is 5. The van der Waals surface area contributed by atoms with Crippen molar-refractivity contribution in [2.75, 3.05) is 13.1 Å². The van der Waals surface area contributed by atoms with Crippen LogP contribution in [0.5, 0.6) is 0 Å². The van der Waals surface area contributed by atoms with Crippen LogP contribution in [-0.4, -0.2) is 33.7 Å². The maximum absolute atomic E-state index is 11.7. The molecule has 29 heavy (non-hydrogen) atoms. The third kappa shape index (κ3) is 4.62. The van der Waals surface area contributed by atoms with Crippen LogP contribution in [-0.2, 0) is 6.54 Å². The Labute approximate surface area is 176 Å². The van der Waals surface area contributed by atoms with Gasteiger partial charge in [-0.05, 0) is 55.5 Å². The van der Waals surface area contributed by atoms with Crippen LogP contribution in [0.25, 0.3) is 11.3 Å². The van der Waals surface area contributed by atoms with E-state index >= 15 is 0 Å². The Bertz CT molecular complexity index is 1010. The van der Waals surface area contributed by atoms with E-state index in [1.54, 1.807) is 18.3 Å². The maximum atomic E-state index is 11.7. The first-order chi connectivity index (χ1) is 14.0. The van der Waals surface area contributed by atoms with Crippen molar-refractivity contribution in [2.24, 2.45) is 0 Å². The van der Waals surface area contributed by atoms with Crippen LogP contribution in [0.2, 0.25) is 0 Å². The molecule has 1 aromatic carbocycles. The van der Waals surface area contributed by atoms with Crippen molar-refractivity contribution in [3.63, 3.8) is 0 Å². The molecule has 5 heteroatoms. The summed E-state index contributed by atoms with van der Waals surface area (Å²) in [6.45, 7) is 9.07. The summed E-state index contributed by atoms with van der Waals surface area (Å²) in [4.78, 5) is 23.5. The van der Waals surface area contributed by atoms with Crippen molar-refractivity contribution in [3.8, 4) is 11.3 Å². The zero-order valence-corrected chi connectivity index (χ0v) is 18.1. The fourth-order valence-electron chi connectivity index (χ4n) is 3.86. The van der Waals surface area contributed by atoms with Crippen molar-refractivity contribution >= 4 is 17.1 Å². The summed E-state index contributed by atoms with van der Waals surface area (Å²) in [5.41, 5.74) is 5.19. The molecule has 0 N–H and O–H groups in total. The molecule has 1 saturated heterocycles. The van der Waals surface area contributed by atoms with E-state index in [0.717, 1.165) is 42.9 Å². The number of nitrogens with zero attached hydrogens (tertiary/aromatic N) is 3. The van der Waals surface area contributed by atoms with Gasteiger partial charge in [-0.1, -0.05) is 32.0 Å². The highest BCUT2D eigenvalue weighted by Gasteiger charge is 2.25. The molecule has 3 aromatic rings. The number of carbonyl (C=O) groups excluding carboxylic acids is 1. The first-order valence-corrected chi connectivity index (χ1v) is 11.1. The Morgan fingerprint density at radius 2 is 2.14 bits per heavy atom. The Balaban J connectivity index is 1.46. The summed E-state index contributed by atoms with van der Waals surface area (Å²) >= 11 is 1.77. The summed E-state index contributed by atoms with van der Waals surface area (Å²) < 4.78 is 0. The summed E-state index contributed by atoms with van der Waals surface area (Å²) in [5.74, 6) is 1.08. The first-order valence-electron chi connectivity index (χ1n) is 10.2. The maximum Gasteiger partial charge on any atom is 0.159 e. The van der Waals surface area contributed by atoms with Crippen molar-refractivity contribution in [3.05, 3.63) is 69.8 Å². The van der Waals surface area contributed by atoms with Gasteiger partial charge in [0.2, 0.25) is 0 Å². The molecule has 1 atom stereocenters. The average Bonchev–Trinajstić information content (AvgIpc) is 3.38. The lowest BCUT2D eigenvalue weighted by atomic mass is 9.97. The molecule has 1 aliphatic heterocycles. The van der Waals surface area contributed by atoms with Crippen LogP contribution in [0.3, 0.4) is 0 Å². The van der Waals surface area contributed by atoms with Crippen LogP contribution in [0.15, 0.2) is 48.0 Å². The highest BCUT2D eigenvalue weighted by Crippen LogP contribution is 2.31. The Morgan fingerprint density at radius 3 is 2.90 bits per heavy atom. The zero-order valence-electron chi connectivity index (χ0n) is 17.3. The number of pyridine rings is 1. The number of benzene rings is 1. The van der Waals surface area contributed by atoms with Crippen LogP contribution in [0, 0.1) is 0 Å². The van der Waals surface area contributed by atoms with Gasteiger partial charge >= 0.3 is 0 Å². The normalized spacial score (nSPS) is 17.2. The van der Waals surface area contributed by atoms with Crippen molar-refractivity contribution in [1.82, 2.24) is 14.9 Å². The average molecular weight is 406 g/mol. The topological polar surface area (TPSA) is 46.1 Å². The minimum Gasteiger partial charge on any atom is -0.296 e. The Kier molecular flexibility index (Phi) is 5.88. The molecular weight excluding hydrogens is 378 g/mol. The van der Waals surface area contributed by atoms with E-state index in [1.165, 1.54) is 16.3 Å². The predicted molar refractivity (Wildman–Crippen MR) is 119 cm³/mol. The highest BCUT2D eigenvalue weighted by molar-refractivity contribution is 7.09. The minimum atomic E-state index is 0.0808. The lowest BCUT2D eigenvalue weighted by molar-refractivity contribution is 0.101. The van der Waals surface area contributed by atoms with Gasteiger partial charge in [0.15, 0.2) is 5.78 Å². The third-order valence-corrected chi connectivity index (χ3v) is 6.46. The molecule has 0 unspecified atom stereocenters. The molecule has 150 valence electrons. The van der Waals surface area contributed by atoms with E-state index in [2.05, 4.69) is 41.2 Å². The molecule has 1 fully saturated rings. The molecular formula is C24H27N3OS. The third-order valence-electron chi connectivity index (χ3n) is 5.61. The zero-order chi connectivity index (χ0) is 20.4. The molecule has 0 aliphatic carbocycles. The Hall–Kier alpha value is -2.37. The molecule has 0 saturated carbocycles. The van der Waals surface area contributed by atoms with E-state index in [9.17, 15) is 4.79 Å². The van der Waals surface area contributed by atoms with Crippen LogP contribution >= 0.6 is 11.3 Å². The van der Waals surface area contributed by atoms with Crippen LogP contribution < -0.4 is 0 Å². The summed E-state index contributed by atoms with van der Waals surface area (Å²) in [6, 6.07) is 12.1. The lowest BCUT2D eigenvalue weighted by Gasteiger charge is -2.15. The van der Waals surface area contributed by atoms with Gasteiger partial charge in [-0.25, -0.2) is 4.98 Å². The van der Waals surface area contributed by atoms with E-state index in [4.69, 9.17) is 4.98 Å². The van der Waals surface area contributed by atoms with Gasteiger partial charge in [0.05, 0.1) is 17.9 Å². The van der Waals surface area contributed by atoms with Gasteiger partial charge in [-0.2, -0.15) is 0 Å². The van der Waals surface area contributed by atoms with Gasteiger partial charge in [0.25, 0.3) is 0 Å². The first kappa shape index (κ1) is 19.9. The van der Waals surface area contributed by atoms with Crippen molar-refractivity contribution < 1.29 is 4.79 Å². The molecule has 0 bridgehead atoms. The number of hydrogen-bond donors (Lipinski definition) is 0. The highest BCUT2D eigenvalue weighted by atomic mass is 32.1. The quantitative estimate of drug-likeness (QED) is 0.507. The molecule has 4 rings (SSSR count). The van der Waals surface area contributed by atoms with Crippen LogP contribution in [0.4, 0.5) is 0 Å². The number of Topliss-reactive ketones (excluding diaryl/α,β-unsaturated/α-hetero) is 1. The number of rotatable bonds is 6. The number of aromatic nitrogens is 2.